The van der Waals surface area contributed by atoms with Crippen LogP contribution in [0.25, 0.3) is 0 Å². The lowest BCUT2D eigenvalue weighted by Crippen LogP contribution is -2.46. The third kappa shape index (κ3) is 4.60. The van der Waals surface area contributed by atoms with E-state index < -0.39 is 0 Å². The Kier molecular flexibility index (Phi) is 6.25. The summed E-state index contributed by atoms with van der Waals surface area (Å²) in [5.74, 6) is 3.47. The van der Waals surface area contributed by atoms with Gasteiger partial charge < -0.3 is 19.9 Å². The van der Waals surface area contributed by atoms with Crippen molar-refractivity contribution < 1.29 is 9.26 Å². The molecule has 2 N–H and O–H groups in total. The number of nitrogens with one attached hydrogen (secondary N) is 2. The average molecular weight is 412 g/mol. The molecule has 1 unspecified atom stereocenters. The second kappa shape index (κ2) is 9.06. The number of benzene rings is 1. The van der Waals surface area contributed by atoms with Gasteiger partial charge in [-0.15, -0.1) is 0 Å². The predicted molar refractivity (Wildman–Crippen MR) is 117 cm³/mol. The number of hydrogen-bond donors (Lipinski definition) is 2. The summed E-state index contributed by atoms with van der Waals surface area (Å²) < 4.78 is 11.8. The lowest BCUT2D eigenvalue weighted by Gasteiger charge is -2.40. The van der Waals surface area contributed by atoms with Gasteiger partial charge in [0.15, 0.2) is 11.8 Å². The molecule has 30 heavy (non-hydrogen) atoms. The highest BCUT2D eigenvalue weighted by Crippen LogP contribution is 2.46. The van der Waals surface area contributed by atoms with Gasteiger partial charge in [-0.05, 0) is 38.7 Å². The topological polar surface area (TPSA) is 84.6 Å². The van der Waals surface area contributed by atoms with E-state index in [0.717, 1.165) is 43.3 Å². The molecule has 1 spiro atoms. The molecule has 1 aromatic carbocycles. The van der Waals surface area contributed by atoms with Crippen LogP contribution in [-0.2, 0) is 6.42 Å². The van der Waals surface area contributed by atoms with E-state index in [1.165, 1.54) is 18.4 Å². The van der Waals surface area contributed by atoms with E-state index in [9.17, 15) is 0 Å². The maximum Gasteiger partial charge on any atom is 0.228 e. The summed E-state index contributed by atoms with van der Waals surface area (Å²) in [5.41, 5.74) is 1.17. The molecule has 0 bridgehead atoms. The largest absolute Gasteiger partial charge is 0.487 e. The summed E-state index contributed by atoms with van der Waals surface area (Å²) >= 11 is 0. The Labute approximate surface area is 178 Å². The number of guanidine groups is 1. The van der Waals surface area contributed by atoms with E-state index in [-0.39, 0.29) is 17.6 Å². The van der Waals surface area contributed by atoms with Crippen LogP contribution in [0.1, 0.15) is 82.1 Å². The third-order valence-corrected chi connectivity index (χ3v) is 5.96. The number of para-hydroxylation sites is 1. The van der Waals surface area contributed by atoms with E-state index in [2.05, 4.69) is 65.8 Å². The van der Waals surface area contributed by atoms with Gasteiger partial charge in [0.05, 0.1) is 12.6 Å². The van der Waals surface area contributed by atoms with Crippen LogP contribution >= 0.6 is 0 Å². The van der Waals surface area contributed by atoms with Gasteiger partial charge in [-0.1, -0.05) is 37.2 Å². The molecule has 7 heteroatoms. The van der Waals surface area contributed by atoms with Crippen LogP contribution in [0.3, 0.4) is 0 Å². The van der Waals surface area contributed by atoms with Crippen molar-refractivity contribution >= 4 is 5.96 Å². The summed E-state index contributed by atoms with van der Waals surface area (Å²) in [6.07, 6.45) is 6.34. The first kappa shape index (κ1) is 20.7. The highest BCUT2D eigenvalue weighted by atomic mass is 16.5. The zero-order chi connectivity index (χ0) is 21.0. The monoisotopic (exact) mass is 411 g/mol. The molecule has 1 fully saturated rings. The Morgan fingerprint density at radius 1 is 1.27 bits per heavy atom. The number of rotatable bonds is 6. The minimum absolute atomic E-state index is 0.0413. The van der Waals surface area contributed by atoms with Gasteiger partial charge in [-0.25, -0.2) is 0 Å². The Morgan fingerprint density at radius 2 is 2.07 bits per heavy atom. The highest BCUT2D eigenvalue weighted by molar-refractivity contribution is 5.80. The van der Waals surface area contributed by atoms with Gasteiger partial charge in [0.25, 0.3) is 0 Å². The lowest BCUT2D eigenvalue weighted by molar-refractivity contribution is 0.0396. The van der Waals surface area contributed by atoms with Crippen LogP contribution in [0.15, 0.2) is 33.8 Å². The van der Waals surface area contributed by atoms with Crippen LogP contribution in [0, 0.1) is 0 Å². The van der Waals surface area contributed by atoms with Crippen molar-refractivity contribution in [1.82, 2.24) is 20.8 Å². The summed E-state index contributed by atoms with van der Waals surface area (Å²) in [6.45, 7) is 7.59. The number of fused-ring (bicyclic) bond motifs is 1. The molecule has 4 rings (SSSR count). The van der Waals surface area contributed by atoms with Gasteiger partial charge in [0.2, 0.25) is 5.89 Å². The van der Waals surface area contributed by atoms with E-state index in [1.54, 1.807) is 0 Å². The average Bonchev–Trinajstić information content (AvgIpc) is 3.38. The fraction of sp³-hybridized carbons (Fsp3) is 0.609. The molecule has 7 nitrogen and oxygen atoms in total. The number of aliphatic imine (C=N–C) groups is 1. The van der Waals surface area contributed by atoms with Crippen LogP contribution < -0.4 is 15.4 Å². The fourth-order valence-corrected chi connectivity index (χ4v) is 4.43. The molecule has 0 radical (unpaired) electrons. The first-order chi connectivity index (χ1) is 14.6. The van der Waals surface area contributed by atoms with Gasteiger partial charge in [0, 0.05) is 30.9 Å². The van der Waals surface area contributed by atoms with Crippen molar-refractivity contribution in [3.05, 3.63) is 41.5 Å². The van der Waals surface area contributed by atoms with Crippen molar-refractivity contribution in [1.29, 1.82) is 0 Å². The second-order valence-electron chi connectivity index (χ2n) is 8.64. The molecule has 2 heterocycles. The van der Waals surface area contributed by atoms with Crippen molar-refractivity contribution in [3.63, 3.8) is 0 Å². The molecule has 2 aromatic rings. The van der Waals surface area contributed by atoms with E-state index in [4.69, 9.17) is 14.3 Å². The van der Waals surface area contributed by atoms with Crippen molar-refractivity contribution in [2.75, 3.05) is 13.1 Å². The first-order valence-corrected chi connectivity index (χ1v) is 11.2. The summed E-state index contributed by atoms with van der Waals surface area (Å²) in [5, 5.41) is 11.1. The van der Waals surface area contributed by atoms with Crippen LogP contribution in [0.2, 0.25) is 0 Å². The molecule has 162 valence electrons. The molecule has 1 saturated carbocycles. The lowest BCUT2D eigenvalue weighted by atomic mass is 9.86. The molecule has 1 aliphatic carbocycles. The normalized spacial score (nSPS) is 20.3. The van der Waals surface area contributed by atoms with Crippen molar-refractivity contribution in [3.8, 4) is 5.75 Å². The molecule has 0 saturated heterocycles. The molecule has 1 atom stereocenters. The Morgan fingerprint density at radius 3 is 2.80 bits per heavy atom. The minimum Gasteiger partial charge on any atom is -0.487 e. The quantitative estimate of drug-likeness (QED) is 0.549. The number of hydrogen-bond acceptors (Lipinski definition) is 5. The van der Waals surface area contributed by atoms with E-state index >= 15 is 0 Å². The Bertz CT molecular complexity index is 870. The summed E-state index contributed by atoms with van der Waals surface area (Å²) in [7, 11) is 0. The van der Waals surface area contributed by atoms with E-state index in [0.29, 0.717) is 18.9 Å². The van der Waals surface area contributed by atoms with Gasteiger partial charge in [-0.3, -0.25) is 4.99 Å². The first-order valence-electron chi connectivity index (χ1n) is 11.2. The zero-order valence-corrected chi connectivity index (χ0v) is 18.3. The standard InChI is InChI=1S/C23H33N5O2/c1-4-24-22(25-14-11-20-27-21(16(2)3)28-30-20)26-18-15-23(12-7-8-13-23)29-19-10-6-5-9-17(18)19/h5-6,9-10,16,18H,4,7-8,11-15H2,1-3H3,(H2,24,25,26). The van der Waals surface area contributed by atoms with Crippen molar-refractivity contribution in [2.24, 2.45) is 4.99 Å². The second-order valence-corrected chi connectivity index (χ2v) is 8.64. The van der Waals surface area contributed by atoms with E-state index in [1.807, 2.05) is 0 Å². The van der Waals surface area contributed by atoms with Crippen LogP contribution in [-0.4, -0.2) is 34.8 Å². The molecule has 2 aliphatic rings. The maximum absolute atomic E-state index is 6.48. The Hall–Kier alpha value is -2.57. The smallest absolute Gasteiger partial charge is 0.228 e. The molecule has 1 aliphatic heterocycles. The maximum atomic E-state index is 6.48. The highest BCUT2D eigenvalue weighted by Gasteiger charge is 2.43. The van der Waals surface area contributed by atoms with Gasteiger partial charge in [0.1, 0.15) is 11.4 Å². The predicted octanol–water partition coefficient (Wildman–Crippen LogP) is 4.13. The van der Waals surface area contributed by atoms with Gasteiger partial charge in [-0.2, -0.15) is 4.98 Å². The van der Waals surface area contributed by atoms with Gasteiger partial charge >= 0.3 is 0 Å². The molecule has 0 amide bonds. The summed E-state index contributed by atoms with van der Waals surface area (Å²) in [4.78, 5) is 9.21. The Balaban J connectivity index is 1.46. The molecular formula is C23H33N5O2. The molecule has 1 aromatic heterocycles. The number of ether oxygens (including phenoxy) is 1. The van der Waals surface area contributed by atoms with Crippen LogP contribution in [0.4, 0.5) is 0 Å². The van der Waals surface area contributed by atoms with Crippen molar-refractivity contribution in [2.45, 2.75) is 76.9 Å². The third-order valence-electron chi connectivity index (χ3n) is 5.96. The SMILES string of the molecule is CCNC(=NCCc1nc(C(C)C)no1)NC1CC2(CCCC2)Oc2ccccc21. The number of nitrogens with zero attached hydrogens (tertiary/aromatic N) is 3. The number of aromatic nitrogens is 2. The minimum atomic E-state index is -0.0413. The zero-order valence-electron chi connectivity index (χ0n) is 18.3. The fourth-order valence-electron chi connectivity index (χ4n) is 4.43. The summed E-state index contributed by atoms with van der Waals surface area (Å²) in [6, 6.07) is 8.57. The molecular weight excluding hydrogens is 378 g/mol. The van der Waals surface area contributed by atoms with Crippen LogP contribution in [0.5, 0.6) is 5.75 Å².